The molecule has 1 N–H and O–H groups in total. The number of hydrogen-bond donors (Lipinski definition) is 1. The van der Waals surface area contributed by atoms with E-state index in [2.05, 4.69) is 21.2 Å². The van der Waals surface area contributed by atoms with E-state index >= 15 is 0 Å². The van der Waals surface area contributed by atoms with Gasteiger partial charge in [0.1, 0.15) is 12.4 Å². The number of allylic oxidation sites excluding steroid dienone is 2. The number of hydrogen-bond acceptors (Lipinski definition) is 3. The van der Waals surface area contributed by atoms with Crippen LogP contribution in [0.25, 0.3) is 0 Å². The molecule has 0 spiro atoms. The monoisotopic (exact) mass is 247 g/mol. The Hall–Kier alpha value is -0.480. The van der Waals surface area contributed by atoms with Crippen molar-refractivity contribution in [3.05, 3.63) is 22.5 Å². The molecule has 0 saturated carbocycles. The van der Waals surface area contributed by atoms with Gasteiger partial charge in [0.05, 0.1) is 17.3 Å². The van der Waals surface area contributed by atoms with E-state index in [4.69, 9.17) is 9.47 Å². The molecular formula is C9H14BrNO2. The zero-order valence-corrected chi connectivity index (χ0v) is 9.43. The third kappa shape index (κ3) is 3.40. The molecule has 0 saturated heterocycles. The Balaban J connectivity index is 2.39. The van der Waals surface area contributed by atoms with E-state index in [1.165, 1.54) is 0 Å². The minimum atomic E-state index is 0.219. The van der Waals surface area contributed by atoms with Gasteiger partial charge in [0.25, 0.3) is 0 Å². The summed E-state index contributed by atoms with van der Waals surface area (Å²) in [6, 6.07) is 0.219. The van der Waals surface area contributed by atoms with Crippen molar-refractivity contribution >= 4 is 15.9 Å². The highest BCUT2D eigenvalue weighted by molar-refractivity contribution is 9.11. The summed E-state index contributed by atoms with van der Waals surface area (Å²) < 4.78 is 11.4. The predicted molar refractivity (Wildman–Crippen MR) is 55.5 cm³/mol. The van der Waals surface area contributed by atoms with Crippen LogP contribution in [0.5, 0.6) is 0 Å². The van der Waals surface area contributed by atoms with Crippen molar-refractivity contribution in [3.63, 3.8) is 0 Å². The van der Waals surface area contributed by atoms with Crippen LogP contribution in [0.1, 0.15) is 6.92 Å². The van der Waals surface area contributed by atoms with E-state index in [9.17, 15) is 0 Å². The summed E-state index contributed by atoms with van der Waals surface area (Å²) in [4.78, 5) is 0. The fourth-order valence-corrected chi connectivity index (χ4v) is 1.52. The van der Waals surface area contributed by atoms with Gasteiger partial charge in [0, 0.05) is 7.11 Å². The second-order valence-corrected chi connectivity index (χ2v) is 3.65. The highest BCUT2D eigenvalue weighted by atomic mass is 79.9. The molecule has 0 aliphatic carbocycles. The third-order valence-corrected chi connectivity index (χ3v) is 2.22. The summed E-state index contributed by atoms with van der Waals surface area (Å²) in [6.07, 6.45) is 3.89. The van der Waals surface area contributed by atoms with Crippen LogP contribution in [0.2, 0.25) is 0 Å². The molecule has 0 aromatic carbocycles. The predicted octanol–water partition coefficient (Wildman–Crippen LogP) is 1.76. The second-order valence-electron chi connectivity index (χ2n) is 2.79. The average molecular weight is 248 g/mol. The lowest BCUT2D eigenvalue weighted by atomic mass is 10.2. The van der Waals surface area contributed by atoms with Crippen LogP contribution in [0.4, 0.5) is 0 Å². The Morgan fingerprint density at radius 1 is 1.46 bits per heavy atom. The molecule has 1 aliphatic heterocycles. The minimum Gasteiger partial charge on any atom is -0.493 e. The van der Waals surface area contributed by atoms with Gasteiger partial charge in [0.2, 0.25) is 0 Å². The zero-order chi connectivity index (χ0) is 9.68. The van der Waals surface area contributed by atoms with Crippen molar-refractivity contribution in [2.45, 2.75) is 13.0 Å². The van der Waals surface area contributed by atoms with Crippen molar-refractivity contribution < 1.29 is 9.47 Å². The highest BCUT2D eigenvalue weighted by Crippen LogP contribution is 2.15. The average Bonchev–Trinajstić information content (AvgIpc) is 2.09. The largest absolute Gasteiger partial charge is 0.493 e. The summed E-state index contributed by atoms with van der Waals surface area (Å²) in [5.41, 5.74) is 0. The van der Waals surface area contributed by atoms with Gasteiger partial charge in [-0.1, -0.05) is 0 Å². The van der Waals surface area contributed by atoms with Crippen LogP contribution >= 0.6 is 15.9 Å². The first-order valence-electron chi connectivity index (χ1n) is 4.19. The molecule has 1 unspecified atom stereocenters. The normalized spacial score (nSPS) is 21.6. The Kier molecular flexibility index (Phi) is 4.32. The van der Waals surface area contributed by atoms with Crippen LogP contribution in [0.3, 0.4) is 0 Å². The summed E-state index contributed by atoms with van der Waals surface area (Å²) in [5.74, 6) is 0.945. The molecule has 0 bridgehead atoms. The van der Waals surface area contributed by atoms with E-state index in [-0.39, 0.29) is 6.04 Å². The van der Waals surface area contributed by atoms with Gasteiger partial charge in [-0.05, 0) is 35.0 Å². The summed E-state index contributed by atoms with van der Waals surface area (Å²) in [5, 5.41) is 3.20. The van der Waals surface area contributed by atoms with Gasteiger partial charge < -0.3 is 14.8 Å². The SMILES string of the molecule is COCCOC1=CC=C(Br)NC1C. The van der Waals surface area contributed by atoms with Crippen LogP contribution in [0, 0.1) is 0 Å². The molecule has 13 heavy (non-hydrogen) atoms. The quantitative estimate of drug-likeness (QED) is 0.607. The molecule has 1 atom stereocenters. The first kappa shape index (κ1) is 10.6. The van der Waals surface area contributed by atoms with Gasteiger partial charge >= 0.3 is 0 Å². The molecule has 0 amide bonds. The van der Waals surface area contributed by atoms with E-state index in [0.29, 0.717) is 13.2 Å². The summed E-state index contributed by atoms with van der Waals surface area (Å²) >= 11 is 3.36. The first-order valence-corrected chi connectivity index (χ1v) is 4.99. The molecule has 0 aromatic rings. The number of methoxy groups -OCH3 is 1. The topological polar surface area (TPSA) is 30.5 Å². The fraction of sp³-hybridized carbons (Fsp3) is 0.556. The first-order chi connectivity index (χ1) is 6.24. The van der Waals surface area contributed by atoms with Crippen LogP contribution in [-0.4, -0.2) is 26.4 Å². The van der Waals surface area contributed by atoms with Gasteiger partial charge in [-0.3, -0.25) is 0 Å². The lowest BCUT2D eigenvalue weighted by molar-refractivity contribution is 0.102. The van der Waals surface area contributed by atoms with E-state index in [0.717, 1.165) is 10.4 Å². The van der Waals surface area contributed by atoms with Crippen LogP contribution in [-0.2, 0) is 9.47 Å². The number of ether oxygens (including phenoxy) is 2. The van der Waals surface area contributed by atoms with Gasteiger partial charge in [0.15, 0.2) is 0 Å². The fourth-order valence-electron chi connectivity index (χ4n) is 1.04. The van der Waals surface area contributed by atoms with Crippen LogP contribution < -0.4 is 5.32 Å². The lowest BCUT2D eigenvalue weighted by Crippen LogP contribution is -2.29. The maximum atomic E-state index is 5.49. The molecule has 1 rings (SSSR count). The molecular weight excluding hydrogens is 234 g/mol. The summed E-state index contributed by atoms with van der Waals surface area (Å²) in [6.45, 7) is 3.27. The molecule has 0 aromatic heterocycles. The van der Waals surface area contributed by atoms with Gasteiger partial charge in [-0.25, -0.2) is 0 Å². The Morgan fingerprint density at radius 3 is 2.85 bits per heavy atom. The van der Waals surface area contributed by atoms with Crippen molar-refractivity contribution in [2.75, 3.05) is 20.3 Å². The number of rotatable bonds is 4. The lowest BCUT2D eigenvalue weighted by Gasteiger charge is -2.21. The Labute approximate surface area is 86.9 Å². The number of nitrogens with one attached hydrogen (secondary N) is 1. The van der Waals surface area contributed by atoms with Gasteiger partial charge in [-0.2, -0.15) is 0 Å². The molecule has 74 valence electrons. The summed E-state index contributed by atoms with van der Waals surface area (Å²) in [7, 11) is 1.66. The molecule has 4 heteroatoms. The maximum Gasteiger partial charge on any atom is 0.118 e. The number of dihydropyridines is 1. The van der Waals surface area contributed by atoms with Crippen molar-refractivity contribution in [1.29, 1.82) is 0 Å². The molecule has 3 nitrogen and oxygen atoms in total. The highest BCUT2D eigenvalue weighted by Gasteiger charge is 2.13. The van der Waals surface area contributed by atoms with Gasteiger partial charge in [-0.15, -0.1) is 0 Å². The third-order valence-electron chi connectivity index (χ3n) is 1.73. The maximum absolute atomic E-state index is 5.49. The Morgan fingerprint density at radius 2 is 2.23 bits per heavy atom. The molecule has 0 radical (unpaired) electrons. The second kappa shape index (κ2) is 5.29. The van der Waals surface area contributed by atoms with Crippen LogP contribution in [0.15, 0.2) is 22.5 Å². The van der Waals surface area contributed by atoms with E-state index in [1.807, 2.05) is 19.1 Å². The molecule has 0 fully saturated rings. The van der Waals surface area contributed by atoms with E-state index < -0.39 is 0 Å². The Bertz CT molecular complexity index is 226. The zero-order valence-electron chi connectivity index (χ0n) is 7.84. The minimum absolute atomic E-state index is 0.219. The van der Waals surface area contributed by atoms with Crippen molar-refractivity contribution in [1.82, 2.24) is 5.32 Å². The number of halogens is 1. The smallest absolute Gasteiger partial charge is 0.118 e. The standard InChI is InChI=1S/C9H14BrNO2/c1-7-8(13-6-5-12-2)3-4-9(10)11-7/h3-4,7,11H,5-6H2,1-2H3. The van der Waals surface area contributed by atoms with E-state index in [1.54, 1.807) is 7.11 Å². The van der Waals surface area contributed by atoms with Crippen molar-refractivity contribution in [2.24, 2.45) is 0 Å². The van der Waals surface area contributed by atoms with Crippen molar-refractivity contribution in [3.8, 4) is 0 Å². The molecule has 1 aliphatic rings. The molecule has 1 heterocycles.